The average Bonchev–Trinajstić information content (AvgIpc) is 2.96. The van der Waals surface area contributed by atoms with Crippen molar-refractivity contribution >= 4 is 22.7 Å². The van der Waals surface area contributed by atoms with Crippen molar-refractivity contribution in [3.05, 3.63) is 43.3 Å². The first-order valence-electron chi connectivity index (χ1n) is 5.91. The van der Waals surface area contributed by atoms with Crippen LogP contribution in [-0.2, 0) is 12.8 Å². The van der Waals surface area contributed by atoms with Crippen LogP contribution in [0.15, 0.2) is 17.5 Å². The van der Waals surface area contributed by atoms with E-state index in [1.54, 1.807) is 16.2 Å². The van der Waals surface area contributed by atoms with Gasteiger partial charge in [-0.1, -0.05) is 0 Å². The molecule has 0 saturated heterocycles. The Hall–Kier alpha value is -0.680. The molecule has 3 N–H and O–H groups in total. The van der Waals surface area contributed by atoms with Crippen LogP contribution in [0, 0.1) is 6.92 Å². The van der Waals surface area contributed by atoms with Gasteiger partial charge in [0, 0.05) is 14.6 Å². The summed E-state index contributed by atoms with van der Waals surface area (Å²) in [6.45, 7) is 2.16. The zero-order valence-electron chi connectivity index (χ0n) is 9.82. The van der Waals surface area contributed by atoms with Crippen molar-refractivity contribution in [2.45, 2.75) is 32.2 Å². The number of thiophene rings is 2. The quantitative estimate of drug-likeness (QED) is 0.660. The van der Waals surface area contributed by atoms with Crippen LogP contribution in [0.1, 0.15) is 38.2 Å². The minimum atomic E-state index is 0.164. The van der Waals surface area contributed by atoms with Crippen LogP contribution in [0.2, 0.25) is 0 Å². The minimum absolute atomic E-state index is 0.164. The van der Waals surface area contributed by atoms with E-state index in [2.05, 4.69) is 29.9 Å². The molecule has 90 valence electrons. The monoisotopic (exact) mass is 264 g/mol. The highest BCUT2D eigenvalue weighted by molar-refractivity contribution is 7.12. The van der Waals surface area contributed by atoms with Crippen molar-refractivity contribution in [3.8, 4) is 0 Å². The van der Waals surface area contributed by atoms with Crippen molar-refractivity contribution in [1.82, 2.24) is 5.43 Å². The molecule has 2 nitrogen and oxygen atoms in total. The summed E-state index contributed by atoms with van der Waals surface area (Å²) in [6, 6.07) is 4.68. The lowest BCUT2D eigenvalue weighted by atomic mass is 10.1. The van der Waals surface area contributed by atoms with E-state index < -0.39 is 0 Å². The first-order chi connectivity index (χ1) is 8.29. The summed E-state index contributed by atoms with van der Waals surface area (Å²) >= 11 is 3.71. The van der Waals surface area contributed by atoms with Gasteiger partial charge in [0.05, 0.1) is 6.04 Å². The van der Waals surface area contributed by atoms with E-state index in [-0.39, 0.29) is 6.04 Å². The van der Waals surface area contributed by atoms with Gasteiger partial charge in [0.2, 0.25) is 0 Å². The molecule has 0 saturated carbocycles. The van der Waals surface area contributed by atoms with E-state index in [9.17, 15) is 0 Å². The van der Waals surface area contributed by atoms with Gasteiger partial charge >= 0.3 is 0 Å². The van der Waals surface area contributed by atoms with E-state index in [1.165, 1.54) is 40.1 Å². The van der Waals surface area contributed by atoms with E-state index >= 15 is 0 Å². The molecule has 0 bridgehead atoms. The maximum Gasteiger partial charge on any atom is 0.0813 e. The SMILES string of the molecule is Cc1sccc1C(NN)c1cc2c(s1)CCC2. The molecule has 0 amide bonds. The molecule has 0 spiro atoms. The third-order valence-electron chi connectivity index (χ3n) is 3.43. The second-order valence-electron chi connectivity index (χ2n) is 4.48. The fraction of sp³-hybridized carbons (Fsp3) is 0.385. The van der Waals surface area contributed by atoms with Gasteiger partial charge in [0.15, 0.2) is 0 Å². The number of hydrogen-bond donors (Lipinski definition) is 2. The van der Waals surface area contributed by atoms with Crippen LogP contribution >= 0.6 is 22.7 Å². The molecule has 0 radical (unpaired) electrons. The summed E-state index contributed by atoms with van der Waals surface area (Å²) in [5.74, 6) is 5.74. The van der Waals surface area contributed by atoms with Gasteiger partial charge in [-0.2, -0.15) is 0 Å². The summed E-state index contributed by atoms with van der Waals surface area (Å²) < 4.78 is 0. The smallest absolute Gasteiger partial charge is 0.0813 e. The Morgan fingerprint density at radius 3 is 2.94 bits per heavy atom. The van der Waals surface area contributed by atoms with E-state index in [4.69, 9.17) is 5.84 Å². The molecule has 2 aromatic rings. The number of hydrazine groups is 1. The fourth-order valence-electron chi connectivity index (χ4n) is 2.51. The summed E-state index contributed by atoms with van der Waals surface area (Å²) in [5, 5.41) is 2.14. The normalized spacial score (nSPS) is 16.1. The predicted molar refractivity (Wildman–Crippen MR) is 74.6 cm³/mol. The highest BCUT2D eigenvalue weighted by atomic mass is 32.1. The minimum Gasteiger partial charge on any atom is -0.271 e. The number of fused-ring (bicyclic) bond motifs is 1. The molecule has 1 unspecified atom stereocenters. The first-order valence-corrected chi connectivity index (χ1v) is 7.61. The molecular weight excluding hydrogens is 248 g/mol. The van der Waals surface area contributed by atoms with Crippen LogP contribution in [0.5, 0.6) is 0 Å². The first kappa shape index (κ1) is 11.4. The van der Waals surface area contributed by atoms with E-state index in [0.717, 1.165) is 0 Å². The van der Waals surface area contributed by atoms with Gasteiger partial charge in [-0.3, -0.25) is 5.84 Å². The molecule has 4 heteroatoms. The van der Waals surface area contributed by atoms with E-state index in [1.807, 2.05) is 11.3 Å². The predicted octanol–water partition coefficient (Wildman–Crippen LogP) is 3.16. The van der Waals surface area contributed by atoms with Crippen molar-refractivity contribution in [1.29, 1.82) is 0 Å². The number of rotatable bonds is 3. The third kappa shape index (κ3) is 1.95. The van der Waals surface area contributed by atoms with E-state index in [0.29, 0.717) is 0 Å². The Morgan fingerprint density at radius 1 is 1.41 bits per heavy atom. The maximum absolute atomic E-state index is 5.74. The molecule has 3 rings (SSSR count). The van der Waals surface area contributed by atoms with Crippen LogP contribution in [0.4, 0.5) is 0 Å². The lowest BCUT2D eigenvalue weighted by Crippen LogP contribution is -2.28. The standard InChI is InChI=1S/C13H16N2S2/c1-8-10(5-6-16-8)13(15-14)12-7-9-3-2-4-11(9)17-12/h5-7,13,15H,2-4,14H2,1H3. The van der Waals surface area contributed by atoms with Crippen LogP contribution < -0.4 is 11.3 Å². The molecular formula is C13H16N2S2. The van der Waals surface area contributed by atoms with Gasteiger partial charge in [-0.15, -0.1) is 22.7 Å². The maximum atomic E-state index is 5.74. The summed E-state index contributed by atoms with van der Waals surface area (Å²) in [7, 11) is 0. The molecule has 17 heavy (non-hydrogen) atoms. The topological polar surface area (TPSA) is 38.0 Å². The Morgan fingerprint density at radius 2 is 2.29 bits per heavy atom. The van der Waals surface area contributed by atoms with Crippen LogP contribution in [-0.4, -0.2) is 0 Å². The van der Waals surface area contributed by atoms with Crippen molar-refractivity contribution in [2.24, 2.45) is 5.84 Å². The highest BCUT2D eigenvalue weighted by Gasteiger charge is 2.22. The van der Waals surface area contributed by atoms with Crippen LogP contribution in [0.25, 0.3) is 0 Å². The summed E-state index contributed by atoms with van der Waals surface area (Å²) in [5.41, 5.74) is 5.82. The number of aryl methyl sites for hydroxylation is 3. The second kappa shape index (κ2) is 4.53. The van der Waals surface area contributed by atoms with Gasteiger partial charge in [-0.25, -0.2) is 5.43 Å². The molecule has 2 heterocycles. The fourth-order valence-corrected chi connectivity index (χ4v) is 4.59. The zero-order chi connectivity index (χ0) is 11.8. The number of hydrogen-bond acceptors (Lipinski definition) is 4. The largest absolute Gasteiger partial charge is 0.271 e. The van der Waals surface area contributed by atoms with Gasteiger partial charge in [0.1, 0.15) is 0 Å². The summed E-state index contributed by atoms with van der Waals surface area (Å²) in [4.78, 5) is 4.27. The van der Waals surface area contributed by atoms with Crippen LogP contribution in [0.3, 0.4) is 0 Å². The average molecular weight is 264 g/mol. The zero-order valence-corrected chi connectivity index (χ0v) is 11.5. The van der Waals surface area contributed by atoms with Crippen molar-refractivity contribution < 1.29 is 0 Å². The lowest BCUT2D eigenvalue weighted by Gasteiger charge is -2.14. The molecule has 0 fully saturated rings. The van der Waals surface area contributed by atoms with Gasteiger partial charge in [0.25, 0.3) is 0 Å². The molecule has 0 aromatic carbocycles. The van der Waals surface area contributed by atoms with Gasteiger partial charge in [-0.05, 0) is 54.8 Å². The highest BCUT2D eigenvalue weighted by Crippen LogP contribution is 2.37. The Kier molecular flexibility index (Phi) is 3.04. The lowest BCUT2D eigenvalue weighted by molar-refractivity contribution is 0.645. The third-order valence-corrected chi connectivity index (χ3v) is 5.59. The van der Waals surface area contributed by atoms with Crippen molar-refractivity contribution in [2.75, 3.05) is 0 Å². The molecule has 0 aliphatic heterocycles. The van der Waals surface area contributed by atoms with Gasteiger partial charge < -0.3 is 0 Å². The Labute approximate surface area is 109 Å². The number of nitrogens with one attached hydrogen (secondary N) is 1. The Balaban J connectivity index is 1.97. The Bertz CT molecular complexity index is 506. The number of nitrogens with two attached hydrogens (primary N) is 1. The molecule has 1 atom stereocenters. The molecule has 1 aliphatic rings. The molecule has 1 aliphatic carbocycles. The second-order valence-corrected chi connectivity index (χ2v) is 6.77. The van der Waals surface area contributed by atoms with Crippen molar-refractivity contribution in [3.63, 3.8) is 0 Å². The molecule has 2 aromatic heterocycles. The summed E-state index contributed by atoms with van der Waals surface area (Å²) in [6.07, 6.45) is 3.81.